The zero-order chi connectivity index (χ0) is 12.4. The minimum Gasteiger partial charge on any atom is -0.455 e. The molecule has 0 aliphatic rings. The Labute approximate surface area is 97.6 Å². The zero-order valence-corrected chi connectivity index (χ0v) is 9.21. The Morgan fingerprint density at radius 2 is 1.59 bits per heavy atom. The van der Waals surface area contributed by atoms with E-state index in [1.54, 1.807) is 6.92 Å². The highest BCUT2D eigenvalue weighted by atomic mass is 19.1. The summed E-state index contributed by atoms with van der Waals surface area (Å²) in [6, 6.07) is 7.96. The molecule has 0 heterocycles. The van der Waals surface area contributed by atoms with Gasteiger partial charge in [-0.3, -0.25) is 0 Å². The molecule has 0 unspecified atom stereocenters. The first-order valence-corrected chi connectivity index (χ1v) is 5.05. The molecule has 0 radical (unpaired) electrons. The summed E-state index contributed by atoms with van der Waals surface area (Å²) in [4.78, 5) is 0. The van der Waals surface area contributed by atoms with Crippen molar-refractivity contribution >= 4 is 5.69 Å². The highest BCUT2D eigenvalue weighted by molar-refractivity contribution is 5.54. The summed E-state index contributed by atoms with van der Waals surface area (Å²) < 4.78 is 31.4. The van der Waals surface area contributed by atoms with Gasteiger partial charge in [0.15, 0.2) is 5.75 Å². The van der Waals surface area contributed by atoms with Gasteiger partial charge in [0.25, 0.3) is 0 Å². The predicted molar refractivity (Wildman–Crippen MR) is 62.0 cm³/mol. The largest absolute Gasteiger partial charge is 0.455 e. The summed E-state index contributed by atoms with van der Waals surface area (Å²) in [5.41, 5.74) is 6.60. The molecule has 0 spiro atoms. The van der Waals surface area contributed by atoms with Crippen molar-refractivity contribution < 1.29 is 13.5 Å². The van der Waals surface area contributed by atoms with Gasteiger partial charge in [-0.05, 0) is 42.8 Å². The van der Waals surface area contributed by atoms with Crippen LogP contribution in [-0.4, -0.2) is 0 Å². The third-order valence-electron chi connectivity index (χ3n) is 2.33. The van der Waals surface area contributed by atoms with Crippen LogP contribution in [-0.2, 0) is 0 Å². The van der Waals surface area contributed by atoms with Crippen molar-refractivity contribution in [1.82, 2.24) is 0 Å². The van der Waals surface area contributed by atoms with E-state index in [1.165, 1.54) is 36.4 Å². The van der Waals surface area contributed by atoms with Crippen LogP contribution in [0.4, 0.5) is 14.5 Å². The molecule has 2 aromatic carbocycles. The van der Waals surface area contributed by atoms with Crippen molar-refractivity contribution in [2.75, 3.05) is 5.73 Å². The second-order valence-electron chi connectivity index (χ2n) is 3.69. The molecule has 2 N–H and O–H groups in total. The lowest BCUT2D eigenvalue weighted by Gasteiger charge is -2.10. The molecule has 0 saturated carbocycles. The van der Waals surface area contributed by atoms with Gasteiger partial charge in [-0.15, -0.1) is 0 Å². The average molecular weight is 235 g/mol. The number of nitrogen functional groups attached to an aromatic ring is 1. The van der Waals surface area contributed by atoms with Crippen LogP contribution in [0, 0.1) is 18.6 Å². The number of ether oxygens (including phenoxy) is 1. The Bertz CT molecular complexity index is 555. The van der Waals surface area contributed by atoms with Crippen molar-refractivity contribution in [3.05, 3.63) is 53.6 Å². The van der Waals surface area contributed by atoms with Crippen molar-refractivity contribution in [3.63, 3.8) is 0 Å². The summed E-state index contributed by atoms with van der Waals surface area (Å²) >= 11 is 0. The van der Waals surface area contributed by atoms with Crippen LogP contribution in [0.1, 0.15) is 5.56 Å². The Balaban J connectivity index is 2.34. The average Bonchev–Trinajstić information content (AvgIpc) is 2.27. The molecular weight excluding hydrogens is 224 g/mol. The van der Waals surface area contributed by atoms with Gasteiger partial charge in [0.1, 0.15) is 17.4 Å². The van der Waals surface area contributed by atoms with Crippen LogP contribution >= 0.6 is 0 Å². The summed E-state index contributed by atoms with van der Waals surface area (Å²) in [5, 5.41) is 0. The highest BCUT2D eigenvalue weighted by Gasteiger charge is 2.06. The number of nitrogens with two attached hydrogens (primary N) is 1. The molecule has 0 fully saturated rings. The van der Waals surface area contributed by atoms with Gasteiger partial charge < -0.3 is 10.5 Å². The lowest BCUT2D eigenvalue weighted by molar-refractivity contribution is 0.473. The maximum Gasteiger partial charge on any atom is 0.153 e. The first-order chi connectivity index (χ1) is 8.06. The molecule has 88 valence electrons. The van der Waals surface area contributed by atoms with Gasteiger partial charge in [-0.1, -0.05) is 0 Å². The van der Waals surface area contributed by atoms with Gasteiger partial charge in [0.05, 0.1) is 5.69 Å². The van der Waals surface area contributed by atoms with E-state index in [9.17, 15) is 8.78 Å². The minimum atomic E-state index is -0.436. The van der Waals surface area contributed by atoms with Gasteiger partial charge in [-0.2, -0.15) is 0 Å². The zero-order valence-electron chi connectivity index (χ0n) is 9.21. The fourth-order valence-electron chi connectivity index (χ4n) is 1.44. The molecule has 4 heteroatoms. The standard InChI is InChI=1S/C13H11F2NO/c1-8-6-9(14)3-5-12(8)17-13-7-10(15)2-4-11(13)16/h2-7H,16H2,1H3. The molecule has 0 bridgehead atoms. The number of benzene rings is 2. The molecular formula is C13H11F2NO. The second-order valence-corrected chi connectivity index (χ2v) is 3.69. The van der Waals surface area contributed by atoms with E-state index in [2.05, 4.69) is 0 Å². The van der Waals surface area contributed by atoms with Gasteiger partial charge in [-0.25, -0.2) is 8.78 Å². The monoisotopic (exact) mass is 235 g/mol. The smallest absolute Gasteiger partial charge is 0.153 e. The Morgan fingerprint density at radius 3 is 2.29 bits per heavy atom. The van der Waals surface area contributed by atoms with E-state index >= 15 is 0 Å². The molecule has 2 nitrogen and oxygen atoms in total. The summed E-state index contributed by atoms with van der Waals surface area (Å²) in [6.07, 6.45) is 0. The van der Waals surface area contributed by atoms with E-state index in [4.69, 9.17) is 10.5 Å². The number of halogens is 2. The van der Waals surface area contributed by atoms with Crippen molar-refractivity contribution in [1.29, 1.82) is 0 Å². The van der Waals surface area contributed by atoms with Crippen molar-refractivity contribution in [2.24, 2.45) is 0 Å². The Hall–Kier alpha value is -2.10. The summed E-state index contributed by atoms with van der Waals surface area (Å²) in [5.74, 6) is -0.112. The third-order valence-corrected chi connectivity index (χ3v) is 2.33. The lowest BCUT2D eigenvalue weighted by atomic mass is 10.2. The molecule has 0 aliphatic heterocycles. The number of hydrogen-bond acceptors (Lipinski definition) is 2. The van der Waals surface area contributed by atoms with Crippen LogP contribution < -0.4 is 10.5 Å². The Morgan fingerprint density at radius 1 is 0.941 bits per heavy atom. The lowest BCUT2D eigenvalue weighted by Crippen LogP contribution is -1.94. The van der Waals surface area contributed by atoms with Crippen molar-refractivity contribution in [3.8, 4) is 11.5 Å². The summed E-state index contributed by atoms with van der Waals surface area (Å²) in [6.45, 7) is 1.70. The van der Waals surface area contributed by atoms with Crippen LogP contribution in [0.25, 0.3) is 0 Å². The molecule has 0 aromatic heterocycles. The first-order valence-electron chi connectivity index (χ1n) is 5.05. The fourth-order valence-corrected chi connectivity index (χ4v) is 1.44. The predicted octanol–water partition coefficient (Wildman–Crippen LogP) is 3.65. The summed E-state index contributed by atoms with van der Waals surface area (Å²) in [7, 11) is 0. The normalized spacial score (nSPS) is 10.3. The molecule has 0 aliphatic carbocycles. The number of anilines is 1. The van der Waals surface area contributed by atoms with Crippen LogP contribution in [0.2, 0.25) is 0 Å². The van der Waals surface area contributed by atoms with E-state index in [-0.39, 0.29) is 11.6 Å². The van der Waals surface area contributed by atoms with Crippen LogP contribution in [0.5, 0.6) is 11.5 Å². The molecule has 0 amide bonds. The van der Waals surface area contributed by atoms with E-state index in [0.717, 1.165) is 0 Å². The topological polar surface area (TPSA) is 35.2 Å². The molecule has 17 heavy (non-hydrogen) atoms. The van der Waals surface area contributed by atoms with Crippen LogP contribution in [0.15, 0.2) is 36.4 Å². The number of hydrogen-bond donors (Lipinski definition) is 1. The molecule has 0 saturated heterocycles. The van der Waals surface area contributed by atoms with E-state index < -0.39 is 5.82 Å². The first kappa shape index (κ1) is 11.4. The van der Waals surface area contributed by atoms with Crippen LogP contribution in [0.3, 0.4) is 0 Å². The van der Waals surface area contributed by atoms with Crippen molar-refractivity contribution in [2.45, 2.75) is 6.92 Å². The quantitative estimate of drug-likeness (QED) is 0.806. The van der Waals surface area contributed by atoms with Gasteiger partial charge in [0, 0.05) is 6.07 Å². The Kier molecular flexibility index (Phi) is 2.95. The third kappa shape index (κ3) is 2.53. The highest BCUT2D eigenvalue weighted by Crippen LogP contribution is 2.30. The van der Waals surface area contributed by atoms with Gasteiger partial charge in [0.2, 0.25) is 0 Å². The minimum absolute atomic E-state index is 0.222. The van der Waals surface area contributed by atoms with E-state index in [0.29, 0.717) is 17.0 Å². The second kappa shape index (κ2) is 4.41. The van der Waals surface area contributed by atoms with E-state index in [1.807, 2.05) is 0 Å². The fraction of sp³-hybridized carbons (Fsp3) is 0.0769. The SMILES string of the molecule is Cc1cc(F)ccc1Oc1cc(F)ccc1N. The number of rotatable bonds is 2. The molecule has 2 rings (SSSR count). The maximum absolute atomic E-state index is 13.0. The number of aryl methyl sites for hydroxylation is 1. The van der Waals surface area contributed by atoms with Gasteiger partial charge >= 0.3 is 0 Å². The molecule has 2 aromatic rings. The molecule has 0 atom stereocenters. The maximum atomic E-state index is 13.0.